The molecule has 0 aliphatic heterocycles. The van der Waals surface area contributed by atoms with Crippen molar-refractivity contribution in [2.75, 3.05) is 21.3 Å². The van der Waals surface area contributed by atoms with Crippen LogP contribution in [0, 0.1) is 0 Å². The molecule has 2 aromatic heterocycles. The number of benzene rings is 4. The van der Waals surface area contributed by atoms with Crippen molar-refractivity contribution in [2.45, 2.75) is 6.61 Å². The van der Waals surface area contributed by atoms with E-state index in [0.29, 0.717) is 54.6 Å². The van der Waals surface area contributed by atoms with Gasteiger partial charge in [0.2, 0.25) is 0 Å². The van der Waals surface area contributed by atoms with Gasteiger partial charge in [-0.25, -0.2) is 4.98 Å². The van der Waals surface area contributed by atoms with Gasteiger partial charge >= 0.3 is 0 Å². The maximum atomic E-state index is 12.4. The number of fused-ring (bicyclic) bond motifs is 1. The van der Waals surface area contributed by atoms with Gasteiger partial charge < -0.3 is 24.1 Å². The predicted molar refractivity (Wildman–Crippen MR) is 184 cm³/mol. The van der Waals surface area contributed by atoms with Crippen LogP contribution in [0.2, 0.25) is 20.1 Å². The van der Waals surface area contributed by atoms with Crippen molar-refractivity contribution >= 4 is 52.2 Å². The van der Waals surface area contributed by atoms with Gasteiger partial charge in [-0.05, 0) is 36.4 Å². The van der Waals surface area contributed by atoms with Crippen LogP contribution in [0.25, 0.3) is 17.2 Å². The second kappa shape index (κ2) is 16.8. The van der Waals surface area contributed by atoms with E-state index < -0.39 is 0 Å². The fraction of sp³-hybridized carbons (Fsp3) is 0.121. The zero-order chi connectivity index (χ0) is 33.9. The molecule has 0 spiro atoms. The van der Waals surface area contributed by atoms with E-state index in [1.165, 1.54) is 38.0 Å². The lowest BCUT2D eigenvalue weighted by Crippen LogP contribution is -2.16. The van der Waals surface area contributed by atoms with Crippen LogP contribution in [-0.4, -0.2) is 46.0 Å². The minimum Gasteiger partial charge on any atom is -0.504 e. The second-order valence-corrected chi connectivity index (χ2v) is 10.9. The molecule has 0 fully saturated rings. The molecule has 0 atom stereocenters. The number of rotatable bonds is 7. The molecule has 2 heterocycles. The normalized spacial score (nSPS) is 10.3. The average molecular weight is 718 g/mol. The third kappa shape index (κ3) is 9.02. The molecule has 6 aromatic rings. The van der Waals surface area contributed by atoms with Crippen molar-refractivity contribution in [3.8, 4) is 40.1 Å². The Balaban J connectivity index is 0.000000204. The Morgan fingerprint density at radius 1 is 0.702 bits per heavy atom. The minimum atomic E-state index is -0.272. The van der Waals surface area contributed by atoms with Crippen LogP contribution in [0.3, 0.4) is 0 Å². The summed E-state index contributed by atoms with van der Waals surface area (Å²) in [6.07, 6.45) is 0. The first kappa shape index (κ1) is 35.2. The summed E-state index contributed by atoms with van der Waals surface area (Å²) in [5, 5.41) is 14.0. The number of hydrogen-bond donors (Lipinski definition) is 2. The average Bonchev–Trinajstić information content (AvgIpc) is 3.50. The lowest BCUT2D eigenvalue weighted by Gasteiger charge is -2.11. The molecule has 14 heteroatoms. The lowest BCUT2D eigenvalue weighted by atomic mass is 10.2. The molecule has 0 aliphatic rings. The van der Waals surface area contributed by atoms with Crippen molar-refractivity contribution in [1.82, 2.24) is 19.6 Å². The molecule has 0 saturated carbocycles. The van der Waals surface area contributed by atoms with Gasteiger partial charge in [0.1, 0.15) is 6.61 Å². The van der Waals surface area contributed by atoms with Gasteiger partial charge in [0, 0.05) is 11.6 Å². The predicted octanol–water partition coefficient (Wildman–Crippen LogP) is 8.38. The summed E-state index contributed by atoms with van der Waals surface area (Å²) in [4.78, 5) is 21.2. The Labute approximate surface area is 289 Å². The lowest BCUT2D eigenvalue weighted by molar-refractivity contribution is 0.280. The Hall–Kier alpha value is -4.61. The Bertz CT molecular complexity index is 1910. The molecule has 0 saturated heterocycles. The standard InChI is InChI=1S/C19H15ClN4O3.C7H6Cl2O.C7H7ClO2/c1-26-17-14(20)8-5-9-15(17)27-11-13-10-16(25)24-19(21-13)22-18(23-24)12-6-3-2-4-7-12;2*1-10-7-5(8)3-2-4-6(7)9/h2-10H,11H2,1H3,(H,21,22,23);2-4H,1H3;2-4,9H,1H3. The molecule has 2 N–H and O–H groups in total. The van der Waals surface area contributed by atoms with Gasteiger partial charge in [-0.1, -0.05) is 94.9 Å². The van der Waals surface area contributed by atoms with Crippen molar-refractivity contribution < 1.29 is 24.1 Å². The Morgan fingerprint density at radius 2 is 1.26 bits per heavy atom. The highest BCUT2D eigenvalue weighted by Gasteiger charge is 2.12. The highest BCUT2D eigenvalue weighted by molar-refractivity contribution is 6.37. The third-order valence-electron chi connectivity index (χ3n) is 6.21. The summed E-state index contributed by atoms with van der Waals surface area (Å²) < 4.78 is 22.0. The fourth-order valence-corrected chi connectivity index (χ4v) is 5.10. The van der Waals surface area contributed by atoms with Gasteiger partial charge in [-0.3, -0.25) is 9.89 Å². The first-order chi connectivity index (χ1) is 22.7. The van der Waals surface area contributed by atoms with Crippen molar-refractivity contribution in [3.05, 3.63) is 127 Å². The maximum Gasteiger partial charge on any atom is 0.274 e. The number of aromatic amines is 1. The number of hydrogen-bond acceptors (Lipinski definition) is 8. The molecule has 0 amide bonds. The van der Waals surface area contributed by atoms with Crippen molar-refractivity contribution in [3.63, 3.8) is 0 Å². The number of H-pyrrole nitrogens is 1. The molecular weight excluding hydrogens is 690 g/mol. The van der Waals surface area contributed by atoms with E-state index in [4.69, 9.17) is 70.5 Å². The number of nitrogens with one attached hydrogen (secondary N) is 1. The van der Waals surface area contributed by atoms with Gasteiger partial charge in [0.25, 0.3) is 11.3 Å². The molecule has 0 unspecified atom stereocenters. The molecular formula is C33H28Cl4N4O6. The largest absolute Gasteiger partial charge is 0.504 e. The SMILES string of the molecule is COc1c(Cl)cccc1Cl.COc1c(Cl)cccc1OCc1cc(=O)n2[nH]c(-c3ccccc3)nc2n1.COc1c(O)cccc1Cl. The quantitative estimate of drug-likeness (QED) is 0.169. The Morgan fingerprint density at radius 3 is 1.81 bits per heavy atom. The summed E-state index contributed by atoms with van der Waals surface area (Å²) >= 11 is 23.2. The zero-order valence-electron chi connectivity index (χ0n) is 25.2. The number of ether oxygens (including phenoxy) is 4. The summed E-state index contributed by atoms with van der Waals surface area (Å²) in [6.45, 7) is 0.0793. The number of phenolic OH excluding ortho intramolecular Hbond substituents is 1. The van der Waals surface area contributed by atoms with E-state index in [-0.39, 0.29) is 23.7 Å². The number of phenols is 1. The van der Waals surface area contributed by atoms with Crippen LogP contribution >= 0.6 is 46.4 Å². The minimum absolute atomic E-state index is 0.0648. The second-order valence-electron chi connectivity index (χ2n) is 9.27. The van der Waals surface area contributed by atoms with Crippen LogP contribution in [-0.2, 0) is 6.61 Å². The topological polar surface area (TPSA) is 120 Å². The zero-order valence-corrected chi connectivity index (χ0v) is 28.2. The number of nitrogens with zero attached hydrogens (tertiary/aromatic N) is 3. The van der Waals surface area contributed by atoms with E-state index in [2.05, 4.69) is 15.1 Å². The van der Waals surface area contributed by atoms with Crippen LogP contribution in [0.5, 0.6) is 28.7 Å². The first-order valence-corrected chi connectivity index (χ1v) is 15.2. The fourth-order valence-electron chi connectivity index (χ4n) is 4.06. The number of para-hydroxylation sites is 3. The highest BCUT2D eigenvalue weighted by atomic mass is 35.5. The van der Waals surface area contributed by atoms with Crippen LogP contribution in [0.4, 0.5) is 0 Å². The molecule has 47 heavy (non-hydrogen) atoms. The van der Waals surface area contributed by atoms with Crippen LogP contribution in [0.1, 0.15) is 5.69 Å². The summed E-state index contributed by atoms with van der Waals surface area (Å²) in [5.41, 5.74) is 1.04. The monoisotopic (exact) mass is 716 g/mol. The first-order valence-electron chi connectivity index (χ1n) is 13.7. The van der Waals surface area contributed by atoms with E-state index in [0.717, 1.165) is 5.56 Å². The number of methoxy groups -OCH3 is 3. The smallest absolute Gasteiger partial charge is 0.274 e. The van der Waals surface area contributed by atoms with Gasteiger partial charge in [-0.15, -0.1) is 0 Å². The number of halogens is 4. The third-order valence-corrected chi connectivity index (χ3v) is 7.41. The number of aromatic nitrogens is 4. The molecule has 6 rings (SSSR count). The summed E-state index contributed by atoms with van der Waals surface area (Å²) in [6, 6.07) is 26.2. The molecule has 4 aromatic carbocycles. The van der Waals surface area contributed by atoms with E-state index in [1.807, 2.05) is 30.3 Å². The van der Waals surface area contributed by atoms with Crippen molar-refractivity contribution in [2.24, 2.45) is 0 Å². The molecule has 244 valence electrons. The number of aromatic hydroxyl groups is 1. The molecule has 0 aliphatic carbocycles. The van der Waals surface area contributed by atoms with E-state index in [1.54, 1.807) is 48.5 Å². The summed E-state index contributed by atoms with van der Waals surface area (Å²) in [5.74, 6) is 2.67. The maximum absolute atomic E-state index is 12.4. The van der Waals surface area contributed by atoms with Crippen LogP contribution in [0.15, 0.2) is 95.8 Å². The van der Waals surface area contributed by atoms with Gasteiger partial charge in [-0.2, -0.15) is 9.50 Å². The van der Waals surface area contributed by atoms with E-state index >= 15 is 0 Å². The van der Waals surface area contributed by atoms with Gasteiger partial charge in [0.05, 0.1) is 47.1 Å². The molecule has 0 bridgehead atoms. The molecule has 0 radical (unpaired) electrons. The van der Waals surface area contributed by atoms with Crippen LogP contribution < -0.4 is 24.5 Å². The summed E-state index contributed by atoms with van der Waals surface area (Å²) in [7, 11) is 4.51. The molecule has 10 nitrogen and oxygen atoms in total. The Kier molecular flexibility index (Phi) is 12.6. The highest BCUT2D eigenvalue weighted by Crippen LogP contribution is 2.35. The van der Waals surface area contributed by atoms with Crippen molar-refractivity contribution in [1.29, 1.82) is 0 Å². The van der Waals surface area contributed by atoms with Gasteiger partial charge in [0.15, 0.2) is 34.6 Å². The van der Waals surface area contributed by atoms with E-state index in [9.17, 15) is 4.79 Å².